The third-order valence-corrected chi connectivity index (χ3v) is 3.47. The zero-order chi connectivity index (χ0) is 13.8. The highest BCUT2D eigenvalue weighted by atomic mass is 35.5. The molecule has 0 spiro atoms. The Kier molecular flexibility index (Phi) is 4.54. The van der Waals surface area contributed by atoms with Crippen LogP contribution < -0.4 is 4.74 Å². The van der Waals surface area contributed by atoms with Crippen molar-refractivity contribution in [1.82, 2.24) is 20.2 Å². The number of aryl methyl sites for hydroxylation is 1. The monoisotopic (exact) mass is 306 g/mol. The topological polar surface area (TPSA) is 52.8 Å². The van der Waals surface area contributed by atoms with Crippen LogP contribution >= 0.6 is 23.4 Å². The molecule has 2 aromatic rings. The van der Waals surface area contributed by atoms with Crippen molar-refractivity contribution in [2.75, 3.05) is 0 Å². The van der Waals surface area contributed by atoms with E-state index in [4.69, 9.17) is 11.6 Å². The fourth-order valence-corrected chi connectivity index (χ4v) is 2.38. The standard InChI is InChI=1S/C10H9ClF2N4OS/c1-17-10(14-15-16-17)19-5-6-4-7(11)2-3-8(6)18-9(12)13/h2-4,9H,5H2,1H3. The summed E-state index contributed by atoms with van der Waals surface area (Å²) in [7, 11) is 1.69. The van der Waals surface area contributed by atoms with Crippen molar-refractivity contribution in [1.29, 1.82) is 0 Å². The van der Waals surface area contributed by atoms with Gasteiger partial charge in [-0.15, -0.1) is 5.10 Å². The summed E-state index contributed by atoms with van der Waals surface area (Å²) in [6.07, 6.45) is 0. The van der Waals surface area contributed by atoms with Gasteiger partial charge in [0.2, 0.25) is 5.16 Å². The van der Waals surface area contributed by atoms with Crippen LogP contribution in [0.1, 0.15) is 5.56 Å². The van der Waals surface area contributed by atoms with E-state index in [9.17, 15) is 8.78 Å². The highest BCUT2D eigenvalue weighted by Crippen LogP contribution is 2.29. The van der Waals surface area contributed by atoms with Gasteiger partial charge in [-0.25, -0.2) is 4.68 Å². The molecule has 0 bridgehead atoms. The van der Waals surface area contributed by atoms with Crippen LogP contribution in [0.25, 0.3) is 0 Å². The molecule has 5 nitrogen and oxygen atoms in total. The second-order valence-corrected chi connectivity index (χ2v) is 4.88. The number of alkyl halides is 2. The second kappa shape index (κ2) is 6.16. The van der Waals surface area contributed by atoms with Crippen molar-refractivity contribution >= 4 is 23.4 Å². The number of nitrogens with zero attached hydrogens (tertiary/aromatic N) is 4. The molecule has 0 amide bonds. The van der Waals surface area contributed by atoms with Crippen molar-refractivity contribution in [3.63, 3.8) is 0 Å². The minimum Gasteiger partial charge on any atom is -0.435 e. The maximum atomic E-state index is 12.3. The average Bonchev–Trinajstić information content (AvgIpc) is 2.75. The molecule has 0 radical (unpaired) electrons. The fourth-order valence-electron chi connectivity index (χ4n) is 1.36. The summed E-state index contributed by atoms with van der Waals surface area (Å²) in [6.45, 7) is -2.87. The summed E-state index contributed by atoms with van der Waals surface area (Å²) in [6, 6.07) is 4.49. The van der Waals surface area contributed by atoms with Crippen molar-refractivity contribution in [2.45, 2.75) is 17.5 Å². The number of halogens is 3. The minimum absolute atomic E-state index is 0.0991. The Morgan fingerprint density at radius 2 is 2.26 bits per heavy atom. The third-order valence-electron chi connectivity index (χ3n) is 2.18. The first-order valence-electron chi connectivity index (χ1n) is 5.14. The summed E-state index contributed by atoms with van der Waals surface area (Å²) in [5.41, 5.74) is 0.556. The predicted octanol–water partition coefficient (Wildman–Crippen LogP) is 2.76. The van der Waals surface area contributed by atoms with Crippen LogP contribution in [0.15, 0.2) is 23.4 Å². The van der Waals surface area contributed by atoms with Crippen LogP contribution in [-0.2, 0) is 12.8 Å². The number of tetrazole rings is 1. The first-order chi connectivity index (χ1) is 9.06. The molecule has 0 saturated heterocycles. The van der Waals surface area contributed by atoms with Gasteiger partial charge in [-0.1, -0.05) is 23.4 Å². The number of ether oxygens (including phenoxy) is 1. The Balaban J connectivity index is 2.14. The van der Waals surface area contributed by atoms with E-state index in [-0.39, 0.29) is 5.75 Å². The summed E-state index contributed by atoms with van der Waals surface area (Å²) >= 11 is 7.15. The molecule has 0 unspecified atom stereocenters. The molecule has 0 aliphatic rings. The molecule has 1 aromatic carbocycles. The number of hydrogen-bond acceptors (Lipinski definition) is 5. The molecular formula is C10H9ClF2N4OS. The largest absolute Gasteiger partial charge is 0.435 e. The molecule has 9 heteroatoms. The molecule has 1 heterocycles. The van der Waals surface area contributed by atoms with Gasteiger partial charge in [0, 0.05) is 23.4 Å². The van der Waals surface area contributed by atoms with Gasteiger partial charge in [-0.3, -0.25) is 0 Å². The zero-order valence-corrected chi connectivity index (χ0v) is 11.3. The van der Waals surface area contributed by atoms with Gasteiger partial charge >= 0.3 is 6.61 Å². The summed E-state index contributed by atoms with van der Waals surface area (Å²) in [5, 5.41) is 12.0. The van der Waals surface area contributed by atoms with Gasteiger partial charge < -0.3 is 4.74 Å². The molecule has 0 aliphatic carbocycles. The zero-order valence-electron chi connectivity index (χ0n) is 9.76. The Bertz CT molecular complexity index is 566. The van der Waals surface area contributed by atoms with Gasteiger partial charge in [0.1, 0.15) is 5.75 Å². The van der Waals surface area contributed by atoms with E-state index in [0.717, 1.165) is 0 Å². The molecule has 0 aliphatic heterocycles. The van der Waals surface area contributed by atoms with E-state index in [1.807, 2.05) is 0 Å². The SMILES string of the molecule is Cn1nnnc1SCc1cc(Cl)ccc1OC(F)F. The van der Waals surface area contributed by atoms with E-state index >= 15 is 0 Å². The average molecular weight is 307 g/mol. The van der Waals surface area contributed by atoms with Gasteiger partial charge in [-0.2, -0.15) is 8.78 Å². The van der Waals surface area contributed by atoms with E-state index in [0.29, 0.717) is 21.5 Å². The molecule has 19 heavy (non-hydrogen) atoms. The summed E-state index contributed by atoms with van der Waals surface area (Å²) in [5.74, 6) is 0.471. The van der Waals surface area contributed by atoms with E-state index in [2.05, 4.69) is 20.3 Å². The van der Waals surface area contributed by atoms with Crippen molar-refractivity contribution in [2.24, 2.45) is 7.05 Å². The van der Waals surface area contributed by atoms with Crippen LogP contribution in [-0.4, -0.2) is 26.8 Å². The van der Waals surface area contributed by atoms with Crippen LogP contribution in [0, 0.1) is 0 Å². The molecule has 0 saturated carbocycles. The maximum absolute atomic E-state index is 12.3. The lowest BCUT2D eigenvalue weighted by atomic mass is 10.2. The van der Waals surface area contributed by atoms with Gasteiger partial charge in [0.25, 0.3) is 0 Å². The van der Waals surface area contributed by atoms with Gasteiger partial charge in [-0.05, 0) is 28.6 Å². The van der Waals surface area contributed by atoms with E-state index < -0.39 is 6.61 Å². The summed E-state index contributed by atoms with van der Waals surface area (Å²) < 4.78 is 30.5. The van der Waals surface area contributed by atoms with Gasteiger partial charge in [0.05, 0.1) is 0 Å². The number of rotatable bonds is 5. The van der Waals surface area contributed by atoms with E-state index in [1.54, 1.807) is 13.1 Å². The number of aromatic nitrogens is 4. The normalized spacial score (nSPS) is 11.0. The number of thioether (sulfide) groups is 1. The molecule has 1 aromatic heterocycles. The van der Waals surface area contributed by atoms with Gasteiger partial charge in [0.15, 0.2) is 0 Å². The molecule has 0 N–H and O–H groups in total. The maximum Gasteiger partial charge on any atom is 0.387 e. The highest BCUT2D eigenvalue weighted by Gasteiger charge is 2.12. The smallest absolute Gasteiger partial charge is 0.387 e. The van der Waals surface area contributed by atoms with Crippen LogP contribution in [0.3, 0.4) is 0 Å². The highest BCUT2D eigenvalue weighted by molar-refractivity contribution is 7.98. The second-order valence-electron chi connectivity index (χ2n) is 3.50. The van der Waals surface area contributed by atoms with Crippen LogP contribution in [0.4, 0.5) is 8.78 Å². The Labute approximate surface area is 116 Å². The van der Waals surface area contributed by atoms with E-state index in [1.165, 1.54) is 28.6 Å². The molecule has 2 rings (SSSR count). The Hall–Kier alpha value is -1.41. The lowest BCUT2D eigenvalue weighted by molar-refractivity contribution is -0.0503. The molecule has 102 valence electrons. The Morgan fingerprint density at radius 3 is 2.89 bits per heavy atom. The lowest BCUT2D eigenvalue weighted by Crippen LogP contribution is -2.04. The number of benzene rings is 1. The van der Waals surface area contributed by atoms with Crippen LogP contribution in [0.5, 0.6) is 5.75 Å². The lowest BCUT2D eigenvalue weighted by Gasteiger charge is -2.10. The van der Waals surface area contributed by atoms with Crippen molar-refractivity contribution in [3.8, 4) is 5.75 Å². The predicted molar refractivity (Wildman–Crippen MR) is 66.4 cm³/mol. The van der Waals surface area contributed by atoms with Crippen LogP contribution in [0.2, 0.25) is 5.02 Å². The summed E-state index contributed by atoms with van der Waals surface area (Å²) in [4.78, 5) is 0. The number of hydrogen-bond donors (Lipinski definition) is 0. The minimum atomic E-state index is -2.87. The first kappa shape index (κ1) is 14.0. The molecular weight excluding hydrogens is 298 g/mol. The fraction of sp³-hybridized carbons (Fsp3) is 0.300. The molecule has 0 fully saturated rings. The molecule has 0 atom stereocenters. The Morgan fingerprint density at radius 1 is 1.47 bits per heavy atom. The van der Waals surface area contributed by atoms with Crippen molar-refractivity contribution in [3.05, 3.63) is 28.8 Å². The first-order valence-corrected chi connectivity index (χ1v) is 6.51. The third kappa shape index (κ3) is 3.77. The quantitative estimate of drug-likeness (QED) is 0.795. The van der Waals surface area contributed by atoms with Crippen molar-refractivity contribution < 1.29 is 13.5 Å².